The molecule has 0 amide bonds. The number of thioether (sulfide) groups is 1. The summed E-state index contributed by atoms with van der Waals surface area (Å²) < 4.78 is 0.992. The van der Waals surface area contributed by atoms with Crippen molar-refractivity contribution in [3.8, 4) is 0 Å². The van der Waals surface area contributed by atoms with E-state index in [1.165, 1.54) is 11.8 Å². The lowest BCUT2D eigenvalue weighted by molar-refractivity contribution is 1.13. The van der Waals surface area contributed by atoms with Crippen molar-refractivity contribution in [3.63, 3.8) is 0 Å². The van der Waals surface area contributed by atoms with Crippen molar-refractivity contribution in [2.24, 2.45) is 0 Å². The van der Waals surface area contributed by atoms with Gasteiger partial charge in [0.25, 0.3) is 0 Å². The monoisotopic (exact) mass is 237 g/mol. The van der Waals surface area contributed by atoms with E-state index in [1.54, 1.807) is 6.20 Å². The largest absolute Gasteiger partial charge is 0.249 e. The summed E-state index contributed by atoms with van der Waals surface area (Å²) in [5.41, 5.74) is 0. The molecule has 0 saturated carbocycles. The van der Waals surface area contributed by atoms with Gasteiger partial charge < -0.3 is 0 Å². The van der Waals surface area contributed by atoms with Crippen LogP contribution in [0.5, 0.6) is 0 Å². The molecule has 0 atom stereocenters. The van der Waals surface area contributed by atoms with E-state index in [0.29, 0.717) is 5.21 Å². The lowest BCUT2D eigenvalue weighted by atomic mass is 10.5. The van der Waals surface area contributed by atoms with Gasteiger partial charge in [0.1, 0.15) is 0 Å². The highest BCUT2D eigenvalue weighted by Crippen LogP contribution is 2.17. The lowest BCUT2D eigenvalue weighted by Gasteiger charge is -1.94. The highest BCUT2D eigenvalue weighted by Gasteiger charge is 1.91. The zero-order valence-electron chi connectivity index (χ0n) is 5.05. The summed E-state index contributed by atoms with van der Waals surface area (Å²) in [7, 11) is 0. The van der Waals surface area contributed by atoms with E-state index in [1.807, 2.05) is 12.1 Å². The molecule has 0 unspecified atom stereocenters. The molecule has 1 nitrogen and oxygen atoms in total. The average molecular weight is 239 g/mol. The molecule has 1 rings (SSSR count). The van der Waals surface area contributed by atoms with Crippen LogP contribution in [0.4, 0.5) is 0 Å². The van der Waals surface area contributed by atoms with Gasteiger partial charge in [0.05, 0.1) is 10.2 Å². The fraction of sp³-hybridized carbons (Fsp3) is 0.167. The van der Waals surface area contributed by atoms with E-state index >= 15 is 0 Å². The molecule has 0 aromatic carbocycles. The average Bonchev–Trinajstić information content (AvgIpc) is 1.95. The molecule has 4 heteroatoms. The first-order valence-electron chi connectivity index (χ1n) is 2.63. The maximum atomic E-state index is 5.49. The Morgan fingerprint density at radius 3 is 2.90 bits per heavy atom. The van der Waals surface area contributed by atoms with E-state index in [9.17, 15) is 0 Å². The Morgan fingerprint density at radius 2 is 2.40 bits per heavy atom. The second-order valence-electron chi connectivity index (χ2n) is 1.57. The number of nitrogens with zero attached hydrogens (tertiary/aromatic N) is 1. The zero-order chi connectivity index (χ0) is 7.40. The van der Waals surface area contributed by atoms with Crippen molar-refractivity contribution in [3.05, 3.63) is 22.8 Å². The van der Waals surface area contributed by atoms with Gasteiger partial charge in [-0.1, -0.05) is 11.8 Å². The predicted octanol–water partition coefficient (Wildman–Crippen LogP) is 3.13. The maximum Gasteiger partial charge on any atom is 0.0972 e. The van der Waals surface area contributed by atoms with Gasteiger partial charge in [-0.2, -0.15) is 0 Å². The summed E-state index contributed by atoms with van der Waals surface area (Å²) in [5.74, 6) is 0. The normalized spacial score (nSPS) is 9.80. The number of rotatable bonds is 2. The van der Waals surface area contributed by atoms with E-state index < -0.39 is 0 Å². The number of halogens is 2. The van der Waals surface area contributed by atoms with Crippen LogP contribution in [0, 0.1) is 0 Å². The molecule has 0 N–H and O–H groups in total. The van der Waals surface area contributed by atoms with Crippen LogP contribution in [0.15, 0.2) is 27.8 Å². The minimum absolute atomic E-state index is 0.550. The molecule has 0 aliphatic heterocycles. The van der Waals surface area contributed by atoms with Gasteiger partial charge in [-0.3, -0.25) is 0 Å². The van der Waals surface area contributed by atoms with Crippen LogP contribution in [0.2, 0.25) is 0 Å². The van der Waals surface area contributed by atoms with Crippen molar-refractivity contribution >= 4 is 39.3 Å². The SMILES string of the molecule is ClCSc1ccc(Br)cn1. The second-order valence-corrected chi connectivity index (χ2v) is 4.06. The fourth-order valence-corrected chi connectivity index (χ4v) is 1.48. The number of hydrogen-bond acceptors (Lipinski definition) is 2. The van der Waals surface area contributed by atoms with Gasteiger partial charge in [0.2, 0.25) is 0 Å². The topological polar surface area (TPSA) is 12.9 Å². The Morgan fingerprint density at radius 1 is 1.60 bits per heavy atom. The van der Waals surface area contributed by atoms with Gasteiger partial charge in [0.15, 0.2) is 0 Å². The zero-order valence-corrected chi connectivity index (χ0v) is 8.21. The third kappa shape index (κ3) is 2.48. The predicted molar refractivity (Wildman–Crippen MR) is 48.5 cm³/mol. The smallest absolute Gasteiger partial charge is 0.0972 e. The number of alkyl halides is 1. The summed E-state index contributed by atoms with van der Waals surface area (Å²) in [5, 5.41) is 1.51. The summed E-state index contributed by atoms with van der Waals surface area (Å²) in [6.07, 6.45) is 1.76. The Bertz CT molecular complexity index is 201. The first kappa shape index (κ1) is 8.37. The third-order valence-corrected chi connectivity index (χ3v) is 2.35. The first-order valence-corrected chi connectivity index (χ1v) is 4.94. The van der Waals surface area contributed by atoms with Crippen molar-refractivity contribution in [1.82, 2.24) is 4.98 Å². The van der Waals surface area contributed by atoms with Crippen LogP contribution in [0.25, 0.3) is 0 Å². The van der Waals surface area contributed by atoms with Crippen molar-refractivity contribution < 1.29 is 0 Å². The van der Waals surface area contributed by atoms with Gasteiger partial charge in [-0.05, 0) is 28.1 Å². The quantitative estimate of drug-likeness (QED) is 0.580. The van der Waals surface area contributed by atoms with Gasteiger partial charge in [0, 0.05) is 10.7 Å². The second kappa shape index (κ2) is 4.21. The molecule has 0 radical (unpaired) electrons. The van der Waals surface area contributed by atoms with E-state index in [2.05, 4.69) is 20.9 Å². The summed E-state index contributed by atoms with van der Waals surface area (Å²) in [4.78, 5) is 4.10. The fourth-order valence-electron chi connectivity index (χ4n) is 0.504. The first-order chi connectivity index (χ1) is 4.83. The Kier molecular flexibility index (Phi) is 3.52. The summed E-state index contributed by atoms with van der Waals surface area (Å²) in [6, 6.07) is 3.87. The minimum Gasteiger partial charge on any atom is -0.249 e. The number of aromatic nitrogens is 1. The molecular formula is C6H5BrClNS. The Hall–Kier alpha value is 0.270. The number of pyridine rings is 1. The van der Waals surface area contributed by atoms with E-state index in [0.717, 1.165) is 9.50 Å². The molecule has 10 heavy (non-hydrogen) atoms. The Labute approximate surface area is 77.3 Å². The molecule has 54 valence electrons. The molecule has 0 spiro atoms. The maximum absolute atomic E-state index is 5.49. The molecule has 0 fully saturated rings. The molecular weight excluding hydrogens is 233 g/mol. The van der Waals surface area contributed by atoms with Crippen molar-refractivity contribution in [2.75, 3.05) is 5.21 Å². The lowest BCUT2D eigenvalue weighted by Crippen LogP contribution is -1.76. The molecule has 1 aromatic heterocycles. The van der Waals surface area contributed by atoms with Crippen LogP contribution in [0.1, 0.15) is 0 Å². The van der Waals surface area contributed by atoms with Gasteiger partial charge >= 0.3 is 0 Å². The standard InChI is InChI=1S/C6H5BrClNS/c7-5-1-2-6(9-3-5)10-4-8/h1-3H,4H2. The van der Waals surface area contributed by atoms with E-state index in [4.69, 9.17) is 11.6 Å². The van der Waals surface area contributed by atoms with Crippen LogP contribution >= 0.6 is 39.3 Å². The van der Waals surface area contributed by atoms with Gasteiger partial charge in [-0.25, -0.2) is 4.98 Å². The highest BCUT2D eigenvalue weighted by atomic mass is 79.9. The van der Waals surface area contributed by atoms with Crippen molar-refractivity contribution in [2.45, 2.75) is 5.03 Å². The van der Waals surface area contributed by atoms with Gasteiger partial charge in [-0.15, -0.1) is 11.6 Å². The Balaban J connectivity index is 2.69. The molecule has 1 heterocycles. The van der Waals surface area contributed by atoms with Crippen LogP contribution < -0.4 is 0 Å². The van der Waals surface area contributed by atoms with Crippen LogP contribution in [-0.4, -0.2) is 10.2 Å². The molecule has 0 bridgehead atoms. The summed E-state index contributed by atoms with van der Waals surface area (Å²) in [6.45, 7) is 0. The van der Waals surface area contributed by atoms with Crippen molar-refractivity contribution in [1.29, 1.82) is 0 Å². The minimum atomic E-state index is 0.550. The van der Waals surface area contributed by atoms with E-state index in [-0.39, 0.29) is 0 Å². The number of hydrogen-bond donors (Lipinski definition) is 0. The highest BCUT2D eigenvalue weighted by molar-refractivity contribution is 9.10. The third-order valence-electron chi connectivity index (χ3n) is 0.903. The molecule has 1 aromatic rings. The molecule has 0 saturated heterocycles. The molecule has 0 aliphatic rings. The van der Waals surface area contributed by atoms with Crippen LogP contribution in [0.3, 0.4) is 0 Å². The summed E-state index contributed by atoms with van der Waals surface area (Å²) >= 11 is 10.3. The van der Waals surface area contributed by atoms with Crippen LogP contribution in [-0.2, 0) is 0 Å². The molecule has 0 aliphatic carbocycles.